The van der Waals surface area contributed by atoms with Crippen LogP contribution in [0.25, 0.3) is 0 Å². The average Bonchev–Trinajstić information content (AvgIpc) is 3.04. The third-order valence-electron chi connectivity index (χ3n) is 5.53. The number of hydrogen-bond donors (Lipinski definition) is 1. The van der Waals surface area contributed by atoms with E-state index >= 15 is 0 Å². The molecule has 3 heterocycles. The monoisotopic (exact) mass is 373 g/mol. The van der Waals surface area contributed by atoms with Crippen LogP contribution in [0.5, 0.6) is 0 Å². The number of aromatic amines is 1. The van der Waals surface area contributed by atoms with E-state index in [1.54, 1.807) is 16.8 Å². The quantitative estimate of drug-likeness (QED) is 0.803. The van der Waals surface area contributed by atoms with Crippen LogP contribution in [0.4, 0.5) is 13.2 Å². The van der Waals surface area contributed by atoms with E-state index in [-0.39, 0.29) is 17.1 Å². The van der Waals surface area contributed by atoms with Crippen molar-refractivity contribution in [2.45, 2.75) is 31.0 Å². The summed E-state index contributed by atoms with van der Waals surface area (Å²) in [6.45, 7) is 1.97. The predicted octanol–water partition coefficient (Wildman–Crippen LogP) is 1.20. The van der Waals surface area contributed by atoms with Crippen LogP contribution in [-0.2, 0) is 11.0 Å². The summed E-state index contributed by atoms with van der Waals surface area (Å²) in [6, 6.07) is 0.748. The number of H-pyrrole nitrogens is 1. The summed E-state index contributed by atoms with van der Waals surface area (Å²) in [6.07, 6.45) is -2.85. The molecule has 3 rings (SSSR count). The van der Waals surface area contributed by atoms with Crippen molar-refractivity contribution < 1.29 is 22.8 Å². The molecule has 0 bridgehead atoms. The molecule has 10 heteroatoms. The fourth-order valence-electron chi connectivity index (χ4n) is 3.67. The van der Waals surface area contributed by atoms with Crippen molar-refractivity contribution in [3.05, 3.63) is 17.5 Å². The lowest BCUT2D eigenvalue weighted by Gasteiger charge is -2.49. The van der Waals surface area contributed by atoms with E-state index in [1.165, 1.54) is 0 Å². The van der Waals surface area contributed by atoms with Crippen molar-refractivity contribution in [3.63, 3.8) is 0 Å². The Morgan fingerprint density at radius 1 is 1.23 bits per heavy atom. The Kier molecular flexibility index (Phi) is 4.72. The maximum absolute atomic E-state index is 12.7. The summed E-state index contributed by atoms with van der Waals surface area (Å²) >= 11 is 0. The van der Waals surface area contributed by atoms with E-state index in [0.717, 1.165) is 6.07 Å². The van der Waals surface area contributed by atoms with Gasteiger partial charge in [-0.15, -0.1) is 0 Å². The molecule has 2 aliphatic rings. The van der Waals surface area contributed by atoms with Crippen LogP contribution in [0, 0.1) is 0 Å². The summed E-state index contributed by atoms with van der Waals surface area (Å²) < 4.78 is 38.2. The fourth-order valence-corrected chi connectivity index (χ4v) is 3.67. The van der Waals surface area contributed by atoms with Crippen molar-refractivity contribution in [3.8, 4) is 0 Å². The highest BCUT2D eigenvalue weighted by Crippen LogP contribution is 2.33. The Balaban J connectivity index is 1.78. The highest BCUT2D eigenvalue weighted by atomic mass is 19.4. The van der Waals surface area contributed by atoms with Crippen molar-refractivity contribution in [1.82, 2.24) is 24.9 Å². The number of carbonyl (C=O) groups excluding carboxylic acids is 2. The predicted molar refractivity (Wildman–Crippen MR) is 86.3 cm³/mol. The van der Waals surface area contributed by atoms with Gasteiger partial charge in [0.05, 0.1) is 0 Å². The Morgan fingerprint density at radius 3 is 2.62 bits per heavy atom. The van der Waals surface area contributed by atoms with Crippen molar-refractivity contribution in [1.29, 1.82) is 0 Å². The summed E-state index contributed by atoms with van der Waals surface area (Å²) in [5, 5.41) is 5.42. The highest BCUT2D eigenvalue weighted by molar-refractivity contribution is 5.92. The van der Waals surface area contributed by atoms with Gasteiger partial charge in [0.1, 0.15) is 5.69 Å². The molecule has 2 fully saturated rings. The van der Waals surface area contributed by atoms with Crippen molar-refractivity contribution >= 4 is 11.8 Å². The molecular weight excluding hydrogens is 351 g/mol. The van der Waals surface area contributed by atoms with E-state index in [1.807, 2.05) is 12.1 Å². The van der Waals surface area contributed by atoms with Crippen LogP contribution in [0.2, 0.25) is 0 Å². The number of likely N-dealkylation sites (tertiary alicyclic amines) is 1. The number of likely N-dealkylation sites (N-methyl/N-ethyl adjacent to an activating group) is 1. The topological polar surface area (TPSA) is 72.5 Å². The van der Waals surface area contributed by atoms with Gasteiger partial charge in [-0.3, -0.25) is 19.6 Å². The molecule has 1 aromatic heterocycles. The van der Waals surface area contributed by atoms with Crippen LogP contribution in [0.1, 0.15) is 35.4 Å². The van der Waals surface area contributed by atoms with Gasteiger partial charge in [0.15, 0.2) is 5.69 Å². The molecule has 2 aliphatic heterocycles. The standard InChI is InChI=1S/C16H22F3N5O2/c1-22-6-5-15(4-3-13(22)25)10-24(8-7-23(15)2)14(26)11-9-12(21-20-11)16(17,18)19/h9H,3-8,10H2,1-2H3,(H,20,21)/t15-/m1/s1. The van der Waals surface area contributed by atoms with Crippen LogP contribution in [0.3, 0.4) is 0 Å². The first kappa shape index (κ1) is 18.7. The van der Waals surface area contributed by atoms with Gasteiger partial charge in [-0.2, -0.15) is 18.3 Å². The molecule has 144 valence electrons. The summed E-state index contributed by atoms with van der Waals surface area (Å²) in [5.74, 6) is -0.450. The number of aromatic nitrogens is 2. The van der Waals surface area contributed by atoms with Crippen LogP contribution in [-0.4, -0.2) is 82.5 Å². The molecule has 0 aliphatic carbocycles. The second kappa shape index (κ2) is 6.57. The van der Waals surface area contributed by atoms with Gasteiger partial charge in [0, 0.05) is 51.3 Å². The lowest BCUT2D eigenvalue weighted by Crippen LogP contribution is -2.62. The van der Waals surface area contributed by atoms with E-state index in [2.05, 4.69) is 10.00 Å². The Hall–Kier alpha value is -2.10. The molecular formula is C16H22F3N5O2. The SMILES string of the molecule is CN1CC[C@]2(CCC1=O)CN(C(=O)c1cc(C(F)(F)F)[nH]n1)CCN2C. The number of halogens is 3. The Bertz CT molecular complexity index is 704. The number of rotatable bonds is 1. The summed E-state index contributed by atoms with van der Waals surface area (Å²) in [4.78, 5) is 30.1. The van der Waals surface area contributed by atoms with Crippen LogP contribution < -0.4 is 0 Å². The molecule has 26 heavy (non-hydrogen) atoms. The summed E-state index contributed by atoms with van der Waals surface area (Å²) in [5.41, 5.74) is -1.62. The van der Waals surface area contributed by atoms with E-state index < -0.39 is 17.8 Å². The van der Waals surface area contributed by atoms with Gasteiger partial charge in [-0.05, 0) is 19.9 Å². The normalized spacial score (nSPS) is 25.7. The molecule has 1 aromatic rings. The van der Waals surface area contributed by atoms with E-state index in [4.69, 9.17) is 0 Å². The molecule has 0 aromatic carbocycles. The third kappa shape index (κ3) is 3.42. The second-order valence-electron chi connectivity index (χ2n) is 7.10. The van der Waals surface area contributed by atoms with Gasteiger partial charge in [0.2, 0.25) is 5.91 Å². The van der Waals surface area contributed by atoms with Crippen LogP contribution in [0.15, 0.2) is 6.07 Å². The molecule has 2 amide bonds. The first-order valence-electron chi connectivity index (χ1n) is 8.49. The molecule has 2 saturated heterocycles. The van der Waals surface area contributed by atoms with Gasteiger partial charge >= 0.3 is 6.18 Å². The van der Waals surface area contributed by atoms with E-state index in [0.29, 0.717) is 45.4 Å². The van der Waals surface area contributed by atoms with Gasteiger partial charge in [-0.25, -0.2) is 0 Å². The number of carbonyl (C=O) groups is 2. The number of nitrogens with one attached hydrogen (secondary N) is 1. The largest absolute Gasteiger partial charge is 0.432 e. The smallest absolute Gasteiger partial charge is 0.346 e. The number of piperazine rings is 1. The lowest BCUT2D eigenvalue weighted by atomic mass is 9.86. The number of amides is 2. The maximum Gasteiger partial charge on any atom is 0.432 e. The van der Waals surface area contributed by atoms with Gasteiger partial charge < -0.3 is 9.80 Å². The molecule has 7 nitrogen and oxygen atoms in total. The zero-order valence-electron chi connectivity index (χ0n) is 14.8. The minimum Gasteiger partial charge on any atom is -0.346 e. The van der Waals surface area contributed by atoms with Crippen molar-refractivity contribution in [2.75, 3.05) is 40.3 Å². The third-order valence-corrected chi connectivity index (χ3v) is 5.53. The van der Waals surface area contributed by atoms with Crippen LogP contribution >= 0.6 is 0 Å². The molecule has 0 unspecified atom stereocenters. The molecule has 1 atom stereocenters. The zero-order chi connectivity index (χ0) is 19.1. The Labute approximate surface area is 149 Å². The minimum absolute atomic E-state index is 0.0702. The first-order valence-corrected chi connectivity index (χ1v) is 8.49. The molecule has 1 N–H and O–H groups in total. The van der Waals surface area contributed by atoms with Gasteiger partial charge in [-0.1, -0.05) is 0 Å². The minimum atomic E-state index is -4.57. The molecule has 0 radical (unpaired) electrons. The number of nitrogens with zero attached hydrogens (tertiary/aromatic N) is 4. The second-order valence-corrected chi connectivity index (χ2v) is 7.10. The Morgan fingerprint density at radius 2 is 1.96 bits per heavy atom. The highest BCUT2D eigenvalue weighted by Gasteiger charge is 2.43. The zero-order valence-corrected chi connectivity index (χ0v) is 14.8. The maximum atomic E-state index is 12.7. The average molecular weight is 373 g/mol. The number of alkyl halides is 3. The first-order chi connectivity index (χ1) is 12.1. The van der Waals surface area contributed by atoms with Gasteiger partial charge in [0.25, 0.3) is 5.91 Å². The number of hydrogen-bond acceptors (Lipinski definition) is 4. The lowest BCUT2D eigenvalue weighted by molar-refractivity contribution is -0.141. The molecule has 1 spiro atoms. The van der Waals surface area contributed by atoms with E-state index in [9.17, 15) is 22.8 Å². The summed E-state index contributed by atoms with van der Waals surface area (Å²) in [7, 11) is 3.73. The molecule has 0 saturated carbocycles. The fraction of sp³-hybridized carbons (Fsp3) is 0.688. The van der Waals surface area contributed by atoms with Crippen molar-refractivity contribution in [2.24, 2.45) is 0 Å².